The van der Waals surface area contributed by atoms with Crippen molar-refractivity contribution in [3.05, 3.63) is 82.5 Å². The van der Waals surface area contributed by atoms with Gasteiger partial charge in [-0.3, -0.25) is 5.32 Å². The van der Waals surface area contributed by atoms with E-state index < -0.39 is 12.1 Å². The Labute approximate surface area is 185 Å². The summed E-state index contributed by atoms with van der Waals surface area (Å²) in [6.07, 6.45) is -0.0137. The number of fused-ring (bicyclic) bond motifs is 4. The number of pyridine rings is 1. The second kappa shape index (κ2) is 8.09. The number of aromatic nitrogens is 1. The van der Waals surface area contributed by atoms with Crippen LogP contribution in [-0.2, 0) is 17.7 Å². The maximum atomic E-state index is 12.6. The maximum Gasteiger partial charge on any atom is 0.412 e. The number of likely N-dealkylation sites (N-methyl/N-ethyl adjacent to an activating group) is 1. The molecule has 5 rings (SSSR count). The first-order valence-corrected chi connectivity index (χ1v) is 10.6. The van der Waals surface area contributed by atoms with Gasteiger partial charge < -0.3 is 14.7 Å². The molecule has 0 saturated carbocycles. The van der Waals surface area contributed by atoms with Crippen molar-refractivity contribution in [3.63, 3.8) is 0 Å². The van der Waals surface area contributed by atoms with Gasteiger partial charge in [0.2, 0.25) is 0 Å². The molecular formula is C25H23N3O4. The van der Waals surface area contributed by atoms with Crippen molar-refractivity contribution in [2.75, 3.05) is 25.5 Å². The van der Waals surface area contributed by atoms with Crippen LogP contribution in [0, 0.1) is 0 Å². The van der Waals surface area contributed by atoms with Crippen molar-refractivity contribution < 1.29 is 19.4 Å². The lowest BCUT2D eigenvalue weighted by Gasteiger charge is -2.25. The molecule has 0 spiro atoms. The van der Waals surface area contributed by atoms with Gasteiger partial charge in [-0.1, -0.05) is 48.5 Å². The van der Waals surface area contributed by atoms with Crippen LogP contribution < -0.4 is 5.32 Å². The largest absolute Gasteiger partial charge is 0.478 e. The summed E-state index contributed by atoms with van der Waals surface area (Å²) in [6, 6.07) is 17.8. The van der Waals surface area contributed by atoms with Gasteiger partial charge in [-0.2, -0.15) is 0 Å². The smallest absolute Gasteiger partial charge is 0.412 e. The number of hydrogen-bond acceptors (Lipinski definition) is 5. The molecule has 0 atom stereocenters. The molecule has 32 heavy (non-hydrogen) atoms. The zero-order valence-corrected chi connectivity index (χ0v) is 17.7. The van der Waals surface area contributed by atoms with Gasteiger partial charge in [0.1, 0.15) is 18.0 Å². The van der Waals surface area contributed by atoms with Crippen LogP contribution in [-0.4, -0.2) is 47.3 Å². The molecular weight excluding hydrogens is 406 g/mol. The minimum absolute atomic E-state index is 0.0259. The SMILES string of the molecule is CN1CCc2nc(NC(=O)OCC3c4ccccc4-c4ccccc43)c(C(=O)O)cc2C1. The average molecular weight is 429 g/mol. The van der Waals surface area contributed by atoms with Crippen molar-refractivity contribution in [1.29, 1.82) is 0 Å². The number of aromatic carboxylic acids is 1. The van der Waals surface area contributed by atoms with Crippen LogP contribution in [0.3, 0.4) is 0 Å². The van der Waals surface area contributed by atoms with E-state index in [9.17, 15) is 14.7 Å². The predicted octanol–water partition coefficient (Wildman–Crippen LogP) is 4.13. The summed E-state index contributed by atoms with van der Waals surface area (Å²) in [7, 11) is 1.98. The number of ether oxygens (including phenoxy) is 1. The topological polar surface area (TPSA) is 91.8 Å². The number of carboxylic acids is 1. The van der Waals surface area contributed by atoms with E-state index in [1.807, 2.05) is 43.4 Å². The summed E-state index contributed by atoms with van der Waals surface area (Å²) < 4.78 is 5.55. The van der Waals surface area contributed by atoms with Gasteiger partial charge in [0, 0.05) is 31.1 Å². The van der Waals surface area contributed by atoms with Gasteiger partial charge in [-0.25, -0.2) is 14.6 Å². The standard InChI is InChI=1S/C25H23N3O4/c1-28-11-10-22-15(13-28)12-20(24(29)30)23(26-22)27-25(31)32-14-21-18-8-4-2-6-16(18)17-7-3-5-9-19(17)21/h2-9,12,21H,10-11,13-14H2,1H3,(H,29,30)(H,26,27,31). The number of nitrogens with one attached hydrogen (secondary N) is 1. The zero-order valence-electron chi connectivity index (χ0n) is 17.7. The summed E-state index contributed by atoms with van der Waals surface area (Å²) in [6.45, 7) is 1.61. The van der Waals surface area contributed by atoms with Gasteiger partial charge in [-0.05, 0) is 40.9 Å². The maximum absolute atomic E-state index is 12.6. The molecule has 2 aromatic carbocycles. The van der Waals surface area contributed by atoms with E-state index in [1.165, 1.54) is 0 Å². The van der Waals surface area contributed by atoms with Gasteiger partial charge in [-0.15, -0.1) is 0 Å². The summed E-state index contributed by atoms with van der Waals surface area (Å²) in [5.74, 6) is -1.18. The van der Waals surface area contributed by atoms with Crippen molar-refractivity contribution >= 4 is 17.9 Å². The first kappa shape index (κ1) is 20.2. The van der Waals surface area contributed by atoms with E-state index in [0.29, 0.717) is 13.0 Å². The van der Waals surface area contributed by atoms with E-state index in [2.05, 4.69) is 27.3 Å². The molecule has 1 amide bonds. The van der Waals surface area contributed by atoms with Gasteiger partial charge >= 0.3 is 12.1 Å². The number of carbonyl (C=O) groups is 2. The van der Waals surface area contributed by atoms with Gasteiger partial charge in [0.15, 0.2) is 0 Å². The highest BCUT2D eigenvalue weighted by molar-refractivity contribution is 5.97. The molecule has 7 heteroatoms. The number of nitrogens with zero attached hydrogens (tertiary/aromatic N) is 2. The fourth-order valence-electron chi connectivity index (χ4n) is 4.60. The van der Waals surface area contributed by atoms with E-state index in [1.54, 1.807) is 6.07 Å². The average Bonchev–Trinajstić information content (AvgIpc) is 3.11. The lowest BCUT2D eigenvalue weighted by Crippen LogP contribution is -2.28. The zero-order chi connectivity index (χ0) is 22.2. The number of hydrogen-bond donors (Lipinski definition) is 2. The van der Waals surface area contributed by atoms with Crippen LogP contribution in [0.2, 0.25) is 0 Å². The highest BCUT2D eigenvalue weighted by atomic mass is 16.5. The second-order valence-electron chi connectivity index (χ2n) is 8.23. The molecule has 7 nitrogen and oxygen atoms in total. The van der Waals surface area contributed by atoms with Crippen LogP contribution in [0.1, 0.15) is 38.7 Å². The van der Waals surface area contributed by atoms with E-state index in [0.717, 1.165) is 40.1 Å². The molecule has 0 fully saturated rings. The molecule has 0 bridgehead atoms. The Morgan fingerprint density at radius 3 is 2.44 bits per heavy atom. The van der Waals surface area contributed by atoms with Gasteiger partial charge in [0.25, 0.3) is 0 Å². The Kier molecular flexibility index (Phi) is 5.11. The second-order valence-corrected chi connectivity index (χ2v) is 8.23. The Morgan fingerprint density at radius 2 is 1.78 bits per heavy atom. The van der Waals surface area contributed by atoms with Crippen LogP contribution in [0.4, 0.5) is 10.6 Å². The minimum atomic E-state index is -1.14. The van der Waals surface area contributed by atoms with Crippen molar-refractivity contribution in [2.45, 2.75) is 18.9 Å². The quantitative estimate of drug-likeness (QED) is 0.648. The fourth-order valence-corrected chi connectivity index (χ4v) is 4.60. The molecule has 2 heterocycles. The molecule has 2 N–H and O–H groups in total. The number of anilines is 1. The van der Waals surface area contributed by atoms with E-state index in [-0.39, 0.29) is 23.9 Å². The number of benzene rings is 2. The summed E-state index contributed by atoms with van der Waals surface area (Å²) in [5, 5.41) is 12.2. The molecule has 2 aliphatic rings. The third-order valence-electron chi connectivity index (χ3n) is 6.16. The highest BCUT2D eigenvalue weighted by Crippen LogP contribution is 2.44. The monoisotopic (exact) mass is 429 g/mol. The van der Waals surface area contributed by atoms with Crippen LogP contribution >= 0.6 is 0 Å². The summed E-state index contributed by atoms with van der Waals surface area (Å²) in [5.41, 5.74) is 6.16. The molecule has 162 valence electrons. The Morgan fingerprint density at radius 1 is 1.12 bits per heavy atom. The Balaban J connectivity index is 1.35. The van der Waals surface area contributed by atoms with Crippen molar-refractivity contribution in [1.82, 2.24) is 9.88 Å². The molecule has 3 aromatic rings. The third-order valence-corrected chi connectivity index (χ3v) is 6.16. The fraction of sp³-hybridized carbons (Fsp3) is 0.240. The Bertz CT molecular complexity index is 1180. The molecule has 1 aromatic heterocycles. The third kappa shape index (κ3) is 3.61. The van der Waals surface area contributed by atoms with Gasteiger partial charge in [0.05, 0.1) is 0 Å². The number of carbonyl (C=O) groups excluding carboxylic acids is 1. The first-order chi connectivity index (χ1) is 15.5. The predicted molar refractivity (Wildman–Crippen MR) is 120 cm³/mol. The van der Waals surface area contributed by atoms with E-state index >= 15 is 0 Å². The lowest BCUT2D eigenvalue weighted by atomic mass is 9.98. The molecule has 1 aliphatic heterocycles. The number of amides is 1. The molecule has 0 radical (unpaired) electrons. The van der Waals surface area contributed by atoms with Crippen LogP contribution in [0.15, 0.2) is 54.6 Å². The first-order valence-electron chi connectivity index (χ1n) is 10.6. The van der Waals surface area contributed by atoms with Crippen molar-refractivity contribution in [3.8, 4) is 11.1 Å². The van der Waals surface area contributed by atoms with Crippen LogP contribution in [0.25, 0.3) is 11.1 Å². The van der Waals surface area contributed by atoms with Crippen LogP contribution in [0.5, 0.6) is 0 Å². The number of carboxylic acid groups (broad SMARTS) is 1. The molecule has 0 saturated heterocycles. The minimum Gasteiger partial charge on any atom is -0.478 e. The number of rotatable bonds is 4. The summed E-state index contributed by atoms with van der Waals surface area (Å²) >= 11 is 0. The molecule has 0 unspecified atom stereocenters. The highest BCUT2D eigenvalue weighted by Gasteiger charge is 2.29. The lowest BCUT2D eigenvalue weighted by molar-refractivity contribution is 0.0697. The molecule has 1 aliphatic carbocycles. The summed E-state index contributed by atoms with van der Waals surface area (Å²) in [4.78, 5) is 30.9. The van der Waals surface area contributed by atoms with Crippen molar-refractivity contribution in [2.24, 2.45) is 0 Å². The van der Waals surface area contributed by atoms with E-state index in [4.69, 9.17) is 4.74 Å². The normalized spacial score (nSPS) is 14.9. The Hall–Kier alpha value is -3.71.